The first-order valence-electron chi connectivity index (χ1n) is 28.1. The first kappa shape index (κ1) is 42.8. The molecule has 0 radical (unpaired) electrons. The van der Waals surface area contributed by atoms with E-state index in [4.69, 9.17) is 0 Å². The molecule has 76 heavy (non-hydrogen) atoms. The summed E-state index contributed by atoms with van der Waals surface area (Å²) in [6, 6.07) is 85.5. The summed E-state index contributed by atoms with van der Waals surface area (Å²) in [5.41, 5.74) is 30.1. The molecule has 0 saturated carbocycles. The minimum atomic E-state index is -0.196. The third-order valence-electron chi connectivity index (χ3n) is 19.3. The number of benzene rings is 11. The zero-order chi connectivity index (χ0) is 49.7. The predicted octanol–water partition coefficient (Wildman–Crippen LogP) is 18.0. The summed E-state index contributed by atoms with van der Waals surface area (Å²) in [6.45, 7) is 1.99. The largest absolute Gasteiger partial charge is 0.341 e. The Kier molecular flexibility index (Phi) is 9.04. The Hall–Kier alpha value is -8.46. The molecule has 11 aromatic carbocycles. The summed E-state index contributed by atoms with van der Waals surface area (Å²) < 4.78 is 0. The lowest BCUT2D eigenvalue weighted by Gasteiger charge is -2.33. The smallest absolute Gasteiger partial charge is 0.0469 e. The van der Waals surface area contributed by atoms with Gasteiger partial charge in [0.1, 0.15) is 0 Å². The maximum Gasteiger partial charge on any atom is 0.0469 e. The third kappa shape index (κ3) is 5.77. The van der Waals surface area contributed by atoms with Gasteiger partial charge in [0.15, 0.2) is 0 Å². The molecule has 2 heterocycles. The molecule has 2 heteroatoms. The van der Waals surface area contributed by atoms with Crippen LogP contribution in [-0.2, 0) is 36.5 Å². The fourth-order valence-corrected chi connectivity index (χ4v) is 16.2. The van der Waals surface area contributed by atoms with Crippen LogP contribution in [0.2, 0.25) is 0 Å². The normalized spacial score (nSPS) is 19.1. The summed E-state index contributed by atoms with van der Waals surface area (Å²) in [7, 11) is 0. The van der Waals surface area contributed by atoms with Gasteiger partial charge in [-0.25, -0.2) is 0 Å². The van der Waals surface area contributed by atoms with E-state index in [0.717, 1.165) is 64.5 Å². The van der Waals surface area contributed by atoms with Crippen LogP contribution in [0.4, 0.5) is 22.7 Å². The summed E-state index contributed by atoms with van der Waals surface area (Å²) in [5, 5.41) is 5.21. The van der Waals surface area contributed by atoms with Gasteiger partial charge in [-0.05, 0) is 222 Å². The Labute approximate surface area is 445 Å². The Balaban J connectivity index is 0.972. The third-order valence-corrected chi connectivity index (χ3v) is 19.3. The first-order chi connectivity index (χ1) is 37.7. The molecule has 0 bridgehead atoms. The second-order valence-electron chi connectivity index (χ2n) is 22.7. The summed E-state index contributed by atoms with van der Waals surface area (Å²) >= 11 is 0. The molecule has 11 aromatic rings. The van der Waals surface area contributed by atoms with Crippen LogP contribution in [0.3, 0.4) is 0 Å². The molecular weight excluding hydrogens is 917 g/mol. The molecule has 0 N–H and O–H groups in total. The van der Waals surface area contributed by atoms with E-state index in [1.165, 1.54) is 144 Å². The number of nitrogens with zero attached hydrogens (tertiary/aromatic N) is 2. The van der Waals surface area contributed by atoms with Gasteiger partial charge in [0, 0.05) is 46.7 Å². The number of para-hydroxylation sites is 2. The topological polar surface area (TPSA) is 6.48 Å². The van der Waals surface area contributed by atoms with Gasteiger partial charge in [-0.3, -0.25) is 0 Å². The van der Waals surface area contributed by atoms with Crippen molar-refractivity contribution in [1.29, 1.82) is 0 Å². The highest BCUT2D eigenvalue weighted by atomic mass is 15.1. The van der Waals surface area contributed by atoms with Crippen LogP contribution < -0.4 is 9.80 Å². The molecule has 0 aromatic heterocycles. The lowest BCUT2D eigenvalue weighted by molar-refractivity contribution is 0.626. The maximum absolute atomic E-state index is 2.64. The Morgan fingerprint density at radius 3 is 1.16 bits per heavy atom. The van der Waals surface area contributed by atoms with Crippen molar-refractivity contribution in [1.82, 2.24) is 0 Å². The van der Waals surface area contributed by atoms with Crippen molar-refractivity contribution in [3.8, 4) is 44.5 Å². The van der Waals surface area contributed by atoms with E-state index in [0.29, 0.717) is 0 Å². The Morgan fingerprint density at radius 1 is 0.289 bits per heavy atom. The quantitative estimate of drug-likeness (QED) is 0.162. The minimum Gasteiger partial charge on any atom is -0.341 e. The Bertz CT molecular complexity index is 4020. The first-order valence-corrected chi connectivity index (χ1v) is 28.1. The molecule has 2 unspecified atom stereocenters. The van der Waals surface area contributed by atoms with Crippen LogP contribution in [0.5, 0.6) is 0 Å². The highest BCUT2D eigenvalue weighted by Gasteiger charge is 2.50. The van der Waals surface area contributed by atoms with Crippen molar-refractivity contribution >= 4 is 44.3 Å². The van der Waals surface area contributed by atoms with Gasteiger partial charge in [-0.1, -0.05) is 170 Å². The molecule has 6 aliphatic rings. The van der Waals surface area contributed by atoms with Gasteiger partial charge >= 0.3 is 0 Å². The van der Waals surface area contributed by atoms with Crippen molar-refractivity contribution < 1.29 is 0 Å². The number of aryl methyl sites for hydroxylation is 4. The highest BCUT2D eigenvalue weighted by Crippen LogP contribution is 2.61. The van der Waals surface area contributed by atoms with Crippen molar-refractivity contribution in [3.63, 3.8) is 0 Å². The molecule has 2 nitrogen and oxygen atoms in total. The van der Waals surface area contributed by atoms with E-state index >= 15 is 0 Å². The molecule has 17 rings (SSSR count). The Morgan fingerprint density at radius 2 is 0.684 bits per heavy atom. The molecule has 2 atom stereocenters. The van der Waals surface area contributed by atoms with Crippen LogP contribution >= 0.6 is 0 Å². The average Bonchev–Trinajstić information content (AvgIpc) is 4.36. The van der Waals surface area contributed by atoms with E-state index in [1.807, 2.05) is 0 Å². The van der Waals surface area contributed by atoms with Crippen molar-refractivity contribution in [3.05, 3.63) is 274 Å². The zero-order valence-corrected chi connectivity index (χ0v) is 42.8. The van der Waals surface area contributed by atoms with Gasteiger partial charge in [0.25, 0.3) is 0 Å². The molecule has 4 aliphatic carbocycles. The van der Waals surface area contributed by atoms with Gasteiger partial charge in [0.05, 0.1) is 0 Å². The molecule has 0 saturated heterocycles. The van der Waals surface area contributed by atoms with Gasteiger partial charge in [0.2, 0.25) is 0 Å². The van der Waals surface area contributed by atoms with E-state index < -0.39 is 0 Å². The molecule has 0 fully saturated rings. The van der Waals surface area contributed by atoms with Crippen LogP contribution in [-0.4, -0.2) is 13.1 Å². The second-order valence-corrected chi connectivity index (χ2v) is 22.7. The van der Waals surface area contributed by atoms with Crippen LogP contribution in [0, 0.1) is 0 Å². The number of hydrogen-bond donors (Lipinski definition) is 0. The van der Waals surface area contributed by atoms with Crippen molar-refractivity contribution in [2.45, 2.75) is 62.2 Å². The highest BCUT2D eigenvalue weighted by molar-refractivity contribution is 6.23. The van der Waals surface area contributed by atoms with E-state index in [2.05, 4.69) is 228 Å². The lowest BCUT2D eigenvalue weighted by Crippen LogP contribution is -2.24. The minimum absolute atomic E-state index is 0.196. The summed E-state index contributed by atoms with van der Waals surface area (Å²) in [6.07, 6.45) is 8.80. The second kappa shape index (κ2) is 16.0. The van der Waals surface area contributed by atoms with Crippen molar-refractivity contribution in [2.24, 2.45) is 0 Å². The van der Waals surface area contributed by atoms with E-state index in [-0.39, 0.29) is 10.8 Å². The van der Waals surface area contributed by atoms with E-state index in [9.17, 15) is 0 Å². The maximum atomic E-state index is 2.64. The van der Waals surface area contributed by atoms with Gasteiger partial charge in [-0.15, -0.1) is 0 Å². The van der Waals surface area contributed by atoms with E-state index in [1.54, 1.807) is 0 Å². The predicted molar refractivity (Wildman–Crippen MR) is 316 cm³/mol. The summed E-state index contributed by atoms with van der Waals surface area (Å²) in [4.78, 5) is 5.20. The molecular formula is C74H56N2. The summed E-state index contributed by atoms with van der Waals surface area (Å²) in [5.74, 6) is 0. The van der Waals surface area contributed by atoms with Crippen LogP contribution in [0.25, 0.3) is 66.1 Å². The van der Waals surface area contributed by atoms with Crippen LogP contribution in [0.15, 0.2) is 218 Å². The monoisotopic (exact) mass is 972 g/mol. The lowest BCUT2D eigenvalue weighted by atomic mass is 9.72. The van der Waals surface area contributed by atoms with Crippen LogP contribution in [0.1, 0.15) is 81.3 Å². The SMILES string of the molecule is c1ccc2c(c1)CCCN2c1ccc2c(-c3ccc4c(c3)C3(CCc5ccccc53)c3ccccc3-4)c3cc(N4CCCc5ccccc54)ccc3c(-c3ccc4c(c3)C3(CCc5ccccc53)c3ccccc3-4)c2c1. The number of hydrogen-bond acceptors (Lipinski definition) is 2. The fraction of sp³-hybridized carbons (Fsp3) is 0.162. The number of rotatable bonds is 4. The fourth-order valence-electron chi connectivity index (χ4n) is 16.2. The van der Waals surface area contributed by atoms with Gasteiger partial charge < -0.3 is 9.80 Å². The van der Waals surface area contributed by atoms with Crippen molar-refractivity contribution in [2.75, 3.05) is 22.9 Å². The average molecular weight is 973 g/mol. The molecule has 0 amide bonds. The number of fused-ring (bicyclic) bond motifs is 18. The zero-order valence-electron chi connectivity index (χ0n) is 42.8. The molecule has 2 spiro atoms. The molecule has 362 valence electrons. The van der Waals surface area contributed by atoms with Gasteiger partial charge in [-0.2, -0.15) is 0 Å². The molecule has 2 aliphatic heterocycles. The number of anilines is 4. The standard InChI is InChI=1S/C74H56N2/c1-7-23-63-47(15-1)37-39-73(63)65-25-9-5-21-55(65)57-33-29-51(43-67(57)73)71-59-35-31-54(76-42-14-20-50-18-4-12-28-70(50)76)46-62(59)72(60-36-32-53(45-61(60)71)75-41-13-19-49-17-3-11-27-69(49)75)52-30-34-58-56-22-6-10-26-66(56)74(68(58)44-52)40-38-48-16-2-8-24-64(48)74/h1-12,15-18,21-36,43-46H,13-14,19-20,37-42H2.